The maximum absolute atomic E-state index is 5.92. The van der Waals surface area contributed by atoms with Crippen LogP contribution in [0, 0.1) is 0 Å². The molecule has 44 heavy (non-hydrogen) atoms. The van der Waals surface area contributed by atoms with Crippen LogP contribution in [-0.2, 0) is 11.5 Å². The van der Waals surface area contributed by atoms with Gasteiger partial charge in [-0.1, -0.05) is 12.1 Å². The predicted octanol–water partition coefficient (Wildman–Crippen LogP) is 9.85. The summed E-state index contributed by atoms with van der Waals surface area (Å²) in [5, 5.41) is 8.37. The zero-order valence-corrected chi connectivity index (χ0v) is 28.0. The molecule has 0 unspecified atom stereocenters. The summed E-state index contributed by atoms with van der Waals surface area (Å²) in [5.41, 5.74) is 4.10. The molecule has 0 saturated carbocycles. The first-order valence-corrected chi connectivity index (χ1v) is 19.3. The summed E-state index contributed by atoms with van der Waals surface area (Å²) in [7, 11) is 0. The van der Waals surface area contributed by atoms with Crippen molar-refractivity contribution in [1.82, 2.24) is 9.97 Å². The molecule has 0 fully saturated rings. The first-order chi connectivity index (χ1) is 21.8. The van der Waals surface area contributed by atoms with E-state index in [0.29, 0.717) is 26.4 Å². The highest BCUT2D eigenvalue weighted by atomic mass is 32.2. The van der Waals surface area contributed by atoms with E-state index in [1.165, 1.54) is 30.7 Å². The van der Waals surface area contributed by atoms with Crippen molar-refractivity contribution in [2.24, 2.45) is 0 Å². The number of thiophene rings is 4. The quantitative estimate of drug-likeness (QED) is 0.139. The molecule has 0 amide bonds. The van der Waals surface area contributed by atoms with Crippen molar-refractivity contribution in [2.75, 3.05) is 26.4 Å². The van der Waals surface area contributed by atoms with E-state index in [4.69, 9.17) is 28.9 Å². The predicted molar refractivity (Wildman–Crippen MR) is 184 cm³/mol. The van der Waals surface area contributed by atoms with Crippen molar-refractivity contribution in [2.45, 2.75) is 21.3 Å². The second kappa shape index (κ2) is 12.8. The summed E-state index contributed by atoms with van der Waals surface area (Å²) in [5.74, 6) is 5.15. The summed E-state index contributed by atoms with van der Waals surface area (Å²) in [6.07, 6.45) is 3.92. The molecule has 222 valence electrons. The molecule has 6 aromatic rings. The van der Waals surface area contributed by atoms with Crippen LogP contribution in [0.25, 0.3) is 30.9 Å². The minimum Gasteiger partial charge on any atom is -0.485 e. The van der Waals surface area contributed by atoms with Gasteiger partial charge in [0.1, 0.15) is 26.4 Å². The van der Waals surface area contributed by atoms with Gasteiger partial charge in [-0.15, -0.1) is 68.9 Å². The molecular formula is C32H24N2O4S6. The van der Waals surface area contributed by atoms with Crippen LogP contribution in [0.2, 0.25) is 0 Å². The third-order valence-corrected chi connectivity index (χ3v) is 13.5. The fourth-order valence-corrected chi connectivity index (χ4v) is 11.4. The van der Waals surface area contributed by atoms with Crippen LogP contribution in [-0.4, -0.2) is 36.4 Å². The van der Waals surface area contributed by atoms with Crippen molar-refractivity contribution >= 4 is 68.9 Å². The van der Waals surface area contributed by atoms with Crippen LogP contribution in [0.15, 0.2) is 80.1 Å². The Morgan fingerprint density at radius 3 is 1.48 bits per heavy atom. The molecule has 2 aliphatic heterocycles. The summed E-state index contributed by atoms with van der Waals surface area (Å²) in [6.45, 7) is 2.41. The molecule has 0 radical (unpaired) electrons. The smallest absolute Gasteiger partial charge is 0.180 e. The van der Waals surface area contributed by atoms with Gasteiger partial charge in [0, 0.05) is 44.5 Å². The standard InChI is InChI=1S/C32H24N2O4S6/c1-3-21(33-13-19(1)15-41-25-5-11-39-29(25)31-27-23(17-43-31)35-7-9-37-27)22-4-2-20(14-34-22)16-42-26-6-12-40-30(26)32-28-24(18-44-32)36-8-10-38-28/h1-6,11-14,17-18H,7-10,15-16H2. The van der Waals surface area contributed by atoms with Gasteiger partial charge in [-0.05, 0) is 46.2 Å². The molecular weight excluding hydrogens is 669 g/mol. The number of thioether (sulfide) groups is 2. The summed E-state index contributed by atoms with van der Waals surface area (Å²) >= 11 is 10.5. The van der Waals surface area contributed by atoms with E-state index >= 15 is 0 Å². The summed E-state index contributed by atoms with van der Waals surface area (Å²) in [6, 6.07) is 12.8. The first-order valence-electron chi connectivity index (χ1n) is 13.9. The number of ether oxygens (including phenoxy) is 4. The Hall–Kier alpha value is -3.00. The highest BCUT2D eigenvalue weighted by Crippen LogP contribution is 2.51. The van der Waals surface area contributed by atoms with E-state index in [-0.39, 0.29) is 0 Å². The summed E-state index contributed by atoms with van der Waals surface area (Å²) < 4.78 is 23.3. The Morgan fingerprint density at radius 2 is 1.02 bits per heavy atom. The molecule has 6 aromatic heterocycles. The molecule has 6 nitrogen and oxygen atoms in total. The number of pyridine rings is 2. The lowest BCUT2D eigenvalue weighted by atomic mass is 10.2. The number of rotatable bonds is 9. The largest absolute Gasteiger partial charge is 0.485 e. The topological polar surface area (TPSA) is 62.7 Å². The van der Waals surface area contributed by atoms with Crippen molar-refractivity contribution in [3.8, 4) is 53.9 Å². The van der Waals surface area contributed by atoms with E-state index in [0.717, 1.165) is 55.6 Å². The molecule has 0 bridgehead atoms. The normalized spacial score (nSPS) is 13.7. The van der Waals surface area contributed by atoms with Gasteiger partial charge in [0.15, 0.2) is 23.0 Å². The highest BCUT2D eigenvalue weighted by molar-refractivity contribution is 7.99. The van der Waals surface area contributed by atoms with Crippen molar-refractivity contribution in [3.63, 3.8) is 0 Å². The van der Waals surface area contributed by atoms with Crippen molar-refractivity contribution < 1.29 is 18.9 Å². The molecule has 0 aliphatic carbocycles. The number of fused-ring (bicyclic) bond motifs is 2. The van der Waals surface area contributed by atoms with Crippen molar-refractivity contribution in [1.29, 1.82) is 0 Å². The van der Waals surface area contributed by atoms with E-state index in [1.807, 2.05) is 46.7 Å². The zero-order chi connectivity index (χ0) is 29.3. The van der Waals surface area contributed by atoms with Gasteiger partial charge in [0.25, 0.3) is 0 Å². The van der Waals surface area contributed by atoms with Crippen LogP contribution in [0.3, 0.4) is 0 Å². The molecule has 12 heteroatoms. The van der Waals surface area contributed by atoms with Gasteiger partial charge < -0.3 is 18.9 Å². The fourth-order valence-electron chi connectivity index (χ4n) is 4.84. The molecule has 2 aliphatic rings. The lowest BCUT2D eigenvalue weighted by Crippen LogP contribution is -2.14. The van der Waals surface area contributed by atoms with Crippen LogP contribution in [0.5, 0.6) is 23.0 Å². The Kier molecular flexibility index (Phi) is 8.27. The van der Waals surface area contributed by atoms with Gasteiger partial charge in [-0.3, -0.25) is 9.97 Å². The molecule has 0 N–H and O–H groups in total. The Morgan fingerprint density at radius 1 is 0.545 bits per heavy atom. The van der Waals surface area contributed by atoms with E-state index < -0.39 is 0 Å². The average molecular weight is 693 g/mol. The maximum Gasteiger partial charge on any atom is 0.180 e. The third-order valence-electron chi connectivity index (χ3n) is 6.97. The number of nitrogens with zero attached hydrogens (tertiary/aromatic N) is 2. The Labute approximate surface area is 279 Å². The van der Waals surface area contributed by atoms with Crippen molar-refractivity contribution in [3.05, 3.63) is 81.4 Å². The Balaban J connectivity index is 0.892. The maximum atomic E-state index is 5.92. The van der Waals surface area contributed by atoms with Crippen LogP contribution >= 0.6 is 68.9 Å². The highest BCUT2D eigenvalue weighted by Gasteiger charge is 2.24. The van der Waals surface area contributed by atoms with Crippen LogP contribution in [0.1, 0.15) is 11.1 Å². The molecule has 0 saturated heterocycles. The SMILES string of the molecule is c1cc(SCc2ccc(-c3ccc(CSc4ccsc4-c4scc5c4OCCO5)cn3)nc2)c(-c2scc3c2OCCO3)s1. The fraction of sp³-hybridized carbons (Fsp3) is 0.188. The van der Waals surface area contributed by atoms with Gasteiger partial charge in [0.05, 0.1) is 30.9 Å². The molecule has 0 spiro atoms. The second-order valence-electron chi connectivity index (χ2n) is 9.82. The second-order valence-corrected chi connectivity index (χ2v) is 15.4. The van der Waals surface area contributed by atoms with Gasteiger partial charge in [-0.2, -0.15) is 0 Å². The Bertz CT molecular complexity index is 1750. The first kappa shape index (κ1) is 28.5. The van der Waals surface area contributed by atoms with Crippen LogP contribution in [0.4, 0.5) is 0 Å². The average Bonchev–Trinajstić information content (AvgIpc) is 3.89. The van der Waals surface area contributed by atoms with Gasteiger partial charge >= 0.3 is 0 Å². The molecule has 0 atom stereocenters. The molecule has 0 aromatic carbocycles. The minimum absolute atomic E-state index is 0.596. The molecule has 8 rings (SSSR count). The number of hydrogen-bond acceptors (Lipinski definition) is 12. The summed E-state index contributed by atoms with van der Waals surface area (Å²) in [4.78, 5) is 16.8. The monoisotopic (exact) mass is 692 g/mol. The van der Waals surface area contributed by atoms with E-state index in [9.17, 15) is 0 Å². The zero-order valence-electron chi connectivity index (χ0n) is 23.1. The minimum atomic E-state index is 0.596. The van der Waals surface area contributed by atoms with Gasteiger partial charge in [0.2, 0.25) is 0 Å². The lowest BCUT2D eigenvalue weighted by Gasteiger charge is -2.16. The van der Waals surface area contributed by atoms with Crippen LogP contribution < -0.4 is 18.9 Å². The molecule has 8 heterocycles. The number of aromatic nitrogens is 2. The van der Waals surface area contributed by atoms with Gasteiger partial charge in [-0.25, -0.2) is 0 Å². The lowest BCUT2D eigenvalue weighted by molar-refractivity contribution is 0.174. The van der Waals surface area contributed by atoms with E-state index in [1.54, 1.807) is 45.3 Å². The number of hydrogen-bond donors (Lipinski definition) is 0. The van der Waals surface area contributed by atoms with E-state index in [2.05, 4.69) is 47.2 Å². The third kappa shape index (κ3) is 5.75.